The Morgan fingerprint density at radius 2 is 1.00 bits per heavy atom. The minimum Gasteiger partial charge on any atom is -0.481 e. The van der Waals surface area contributed by atoms with E-state index in [1.165, 1.54) is 51.9 Å². The zero-order valence-electron chi connectivity index (χ0n) is 21.8. The van der Waals surface area contributed by atoms with E-state index in [0.717, 1.165) is 38.5 Å². The molecule has 0 rings (SSSR count). The molecule has 1 unspecified atom stereocenters. The van der Waals surface area contributed by atoms with Gasteiger partial charge in [-0.2, -0.15) is 0 Å². The summed E-state index contributed by atoms with van der Waals surface area (Å²) in [7, 11) is 0. The van der Waals surface area contributed by atoms with Gasteiger partial charge in [-0.15, -0.1) is 12.6 Å². The highest BCUT2D eigenvalue weighted by molar-refractivity contribution is 7.96. The molecule has 0 radical (unpaired) electrons. The summed E-state index contributed by atoms with van der Waals surface area (Å²) in [5.74, 6) is -2.69. The predicted molar refractivity (Wildman–Crippen MR) is 142 cm³/mol. The molecule has 0 saturated carbocycles. The van der Waals surface area contributed by atoms with Gasteiger partial charge in [-0.05, 0) is 26.2 Å². The van der Waals surface area contributed by atoms with E-state index in [1.807, 2.05) is 0 Å². The Labute approximate surface area is 221 Å². The number of rotatable bonds is 24. The first kappa shape index (κ1) is 33.9. The van der Waals surface area contributed by atoms with Crippen molar-refractivity contribution >= 4 is 41.5 Å². The van der Waals surface area contributed by atoms with Crippen LogP contribution in [0, 0.1) is 0 Å². The van der Waals surface area contributed by atoms with Gasteiger partial charge in [0.2, 0.25) is 16.9 Å². The van der Waals surface area contributed by atoms with Crippen LogP contribution in [0.5, 0.6) is 0 Å². The van der Waals surface area contributed by atoms with Gasteiger partial charge in [-0.25, -0.2) is 4.79 Å². The Hall–Kier alpha value is -2.10. The van der Waals surface area contributed by atoms with Gasteiger partial charge >= 0.3 is 11.9 Å². The number of carboxylic acids is 2. The molecule has 9 nitrogen and oxygen atoms in total. The van der Waals surface area contributed by atoms with Crippen LogP contribution in [0.3, 0.4) is 0 Å². The highest BCUT2D eigenvalue weighted by Gasteiger charge is 2.21. The van der Waals surface area contributed by atoms with Crippen LogP contribution in [0.2, 0.25) is 0 Å². The highest BCUT2D eigenvalue weighted by atomic mass is 32.1. The summed E-state index contributed by atoms with van der Waals surface area (Å²) in [4.78, 5) is 56.7. The molecule has 0 aromatic rings. The molecular weight excluding hydrogens is 484 g/mol. The smallest absolute Gasteiger partial charge is 0.326 e. The van der Waals surface area contributed by atoms with Crippen LogP contribution in [0.1, 0.15) is 122 Å². The van der Waals surface area contributed by atoms with Crippen molar-refractivity contribution in [2.24, 2.45) is 0 Å². The van der Waals surface area contributed by atoms with Crippen LogP contribution in [-0.4, -0.2) is 51.2 Å². The number of amides is 2. The highest BCUT2D eigenvalue weighted by Crippen LogP contribution is 2.14. The minimum absolute atomic E-state index is 0.0484. The Balaban J connectivity index is 3.67. The molecule has 208 valence electrons. The molecule has 10 heteroatoms. The van der Waals surface area contributed by atoms with Crippen LogP contribution >= 0.6 is 12.6 Å². The first-order valence-electron chi connectivity index (χ1n) is 13.4. The van der Waals surface area contributed by atoms with Crippen LogP contribution in [0.15, 0.2) is 0 Å². The molecule has 0 aliphatic rings. The predicted octanol–water partition coefficient (Wildman–Crippen LogP) is 4.62. The molecule has 36 heavy (non-hydrogen) atoms. The average Bonchev–Trinajstić information content (AvgIpc) is 2.80. The summed E-state index contributed by atoms with van der Waals surface area (Å²) in [6, 6.07) is -1.89. The molecule has 2 atom stereocenters. The zero-order chi connectivity index (χ0) is 27.2. The fourth-order valence-corrected chi connectivity index (χ4v) is 3.92. The molecule has 0 saturated heterocycles. The van der Waals surface area contributed by atoms with Crippen LogP contribution in [-0.2, 0) is 24.0 Å². The van der Waals surface area contributed by atoms with Crippen molar-refractivity contribution in [2.75, 3.05) is 0 Å². The topological polar surface area (TPSA) is 150 Å². The number of carbonyl (C=O) groups is 5. The fourth-order valence-electron chi connectivity index (χ4n) is 3.86. The summed E-state index contributed by atoms with van der Waals surface area (Å²) >= 11 is 3.63. The van der Waals surface area contributed by atoms with Crippen molar-refractivity contribution in [1.29, 1.82) is 0 Å². The fraction of sp³-hybridized carbons (Fsp3) is 0.808. The molecule has 0 aliphatic carbocycles. The minimum atomic E-state index is -1.19. The second kappa shape index (κ2) is 22.1. The summed E-state index contributed by atoms with van der Waals surface area (Å²) < 4.78 is 0. The molecule has 0 aromatic heterocycles. The van der Waals surface area contributed by atoms with Crippen molar-refractivity contribution in [3.63, 3.8) is 0 Å². The first-order chi connectivity index (χ1) is 17.1. The molecule has 0 spiro atoms. The maximum atomic E-state index is 12.1. The van der Waals surface area contributed by atoms with E-state index >= 15 is 0 Å². The lowest BCUT2D eigenvalue weighted by atomic mass is 10.0. The summed E-state index contributed by atoms with van der Waals surface area (Å²) in [5.41, 5.74) is 0. The van der Waals surface area contributed by atoms with Crippen LogP contribution in [0.25, 0.3) is 0 Å². The van der Waals surface area contributed by atoms with E-state index in [1.54, 1.807) is 0 Å². The summed E-state index contributed by atoms with van der Waals surface area (Å²) in [6.45, 7) is 1.49. The number of nitrogens with one attached hydrogen (secondary N) is 2. The van der Waals surface area contributed by atoms with E-state index in [4.69, 9.17) is 5.11 Å². The SMILES string of the molecule is CC(NC(=O)CC[C@H](NC(=O)CCCCCCCCCCCCCCCCC(=O)O)C(=O)O)C(=O)S. The first-order valence-corrected chi connectivity index (χ1v) is 13.8. The molecule has 0 fully saturated rings. The Morgan fingerprint density at radius 1 is 0.611 bits per heavy atom. The number of carboxylic acid groups (broad SMARTS) is 2. The van der Waals surface area contributed by atoms with Gasteiger partial charge in [0.15, 0.2) is 0 Å². The number of hydrogen-bond donors (Lipinski definition) is 5. The lowest BCUT2D eigenvalue weighted by molar-refractivity contribution is -0.142. The van der Waals surface area contributed by atoms with E-state index in [9.17, 15) is 29.1 Å². The van der Waals surface area contributed by atoms with E-state index in [2.05, 4.69) is 23.3 Å². The van der Waals surface area contributed by atoms with E-state index in [-0.39, 0.29) is 31.6 Å². The van der Waals surface area contributed by atoms with Crippen molar-refractivity contribution in [2.45, 2.75) is 135 Å². The Kier molecular flexibility index (Phi) is 20.8. The third kappa shape index (κ3) is 21.2. The third-order valence-electron chi connectivity index (χ3n) is 6.09. The summed E-state index contributed by atoms with van der Waals surface area (Å²) in [6.07, 6.45) is 15.6. The molecular formula is C26H46N2O7S. The monoisotopic (exact) mass is 530 g/mol. The number of unbranched alkanes of at least 4 members (excludes halogenated alkanes) is 13. The van der Waals surface area contributed by atoms with E-state index in [0.29, 0.717) is 6.42 Å². The largest absolute Gasteiger partial charge is 0.481 e. The second-order valence-electron chi connectivity index (χ2n) is 9.47. The quantitative estimate of drug-likeness (QED) is 0.0902. The van der Waals surface area contributed by atoms with Gasteiger partial charge in [0, 0.05) is 19.3 Å². The Morgan fingerprint density at radius 3 is 1.39 bits per heavy atom. The Bertz CT molecular complexity index is 673. The van der Waals surface area contributed by atoms with Crippen LogP contribution in [0.4, 0.5) is 0 Å². The number of carbonyl (C=O) groups excluding carboxylic acids is 3. The summed E-state index contributed by atoms with van der Waals surface area (Å²) in [5, 5.41) is 22.3. The van der Waals surface area contributed by atoms with Crippen LogP contribution < -0.4 is 10.6 Å². The molecule has 0 bridgehead atoms. The lowest BCUT2D eigenvalue weighted by Crippen LogP contribution is -2.42. The van der Waals surface area contributed by atoms with Crippen molar-refractivity contribution in [1.82, 2.24) is 10.6 Å². The maximum Gasteiger partial charge on any atom is 0.326 e. The molecule has 0 aromatic carbocycles. The van der Waals surface area contributed by atoms with E-state index < -0.39 is 35.0 Å². The normalized spacial score (nSPS) is 12.5. The second-order valence-corrected chi connectivity index (χ2v) is 9.91. The molecule has 0 aliphatic heterocycles. The zero-order valence-corrected chi connectivity index (χ0v) is 22.7. The molecule has 0 heterocycles. The number of aliphatic carboxylic acids is 2. The van der Waals surface area contributed by atoms with Gasteiger partial charge < -0.3 is 20.8 Å². The van der Waals surface area contributed by atoms with Gasteiger partial charge in [0.05, 0.1) is 6.04 Å². The maximum absolute atomic E-state index is 12.1. The van der Waals surface area contributed by atoms with Crippen molar-refractivity contribution in [3.05, 3.63) is 0 Å². The van der Waals surface area contributed by atoms with Gasteiger partial charge in [-0.1, -0.05) is 77.0 Å². The molecule has 2 amide bonds. The standard InChI is InChI=1S/C26H46N2O7S/c1-20(26(35)36)27-23(30)19-18-21(25(33)34)28-22(29)16-14-12-10-8-6-4-2-3-5-7-9-11-13-15-17-24(31)32/h20-21H,2-19H2,1H3,(H,27,30)(H,28,29)(H,31,32)(H,33,34)(H,35,36)/t20?,21-/m0/s1. The van der Waals surface area contributed by atoms with Gasteiger partial charge in [0.25, 0.3) is 0 Å². The van der Waals surface area contributed by atoms with Crippen molar-refractivity contribution < 1.29 is 34.2 Å². The molecule has 4 N–H and O–H groups in total. The number of thiol groups is 1. The number of hydrogen-bond acceptors (Lipinski definition) is 5. The van der Waals surface area contributed by atoms with Crippen molar-refractivity contribution in [3.8, 4) is 0 Å². The van der Waals surface area contributed by atoms with Gasteiger partial charge in [-0.3, -0.25) is 19.2 Å². The third-order valence-corrected chi connectivity index (χ3v) is 6.47. The lowest BCUT2D eigenvalue weighted by Gasteiger charge is -2.15. The van der Waals surface area contributed by atoms with Gasteiger partial charge in [0.1, 0.15) is 6.04 Å². The average molecular weight is 531 g/mol.